The minimum atomic E-state index is -0.373. The zero-order valence-corrected chi connectivity index (χ0v) is 16.6. The summed E-state index contributed by atoms with van der Waals surface area (Å²) in [5.74, 6) is -0.107. The Morgan fingerprint density at radius 2 is 1.79 bits per heavy atom. The summed E-state index contributed by atoms with van der Waals surface area (Å²) in [4.78, 5) is 27.3. The van der Waals surface area contributed by atoms with Crippen LogP contribution in [-0.2, 0) is 9.59 Å². The fourth-order valence-corrected chi connectivity index (χ4v) is 3.21. The van der Waals surface area contributed by atoms with Crippen LogP contribution in [0, 0.1) is 20.8 Å². The number of carbonyl (C=O) groups excluding carboxylic acids is 2. The molecule has 0 saturated heterocycles. The number of rotatable bonds is 6. The van der Waals surface area contributed by atoms with Gasteiger partial charge in [-0.1, -0.05) is 30.3 Å². The lowest BCUT2D eigenvalue weighted by Gasteiger charge is -2.14. The van der Waals surface area contributed by atoms with E-state index in [4.69, 9.17) is 4.74 Å². The first kappa shape index (κ1) is 19.4. The number of methoxy groups -OCH3 is 1. The zero-order chi connectivity index (χ0) is 20.4. The third-order valence-electron chi connectivity index (χ3n) is 4.89. The molecule has 5 heteroatoms. The number of hydrogen-bond acceptors (Lipinski definition) is 4. The molecule has 1 N–H and O–H groups in total. The van der Waals surface area contributed by atoms with Gasteiger partial charge in [-0.25, -0.2) is 0 Å². The molecule has 2 aromatic carbocycles. The molecule has 0 fully saturated rings. The number of nitrogens with one attached hydrogen (secondary N) is 1. The van der Waals surface area contributed by atoms with Gasteiger partial charge in [0.1, 0.15) is 11.4 Å². The summed E-state index contributed by atoms with van der Waals surface area (Å²) in [5.41, 5.74) is 5.15. The van der Waals surface area contributed by atoms with Crippen LogP contribution in [0.2, 0.25) is 0 Å². The van der Waals surface area contributed by atoms with Crippen LogP contribution < -0.4 is 10.1 Å². The van der Waals surface area contributed by atoms with Gasteiger partial charge < -0.3 is 10.1 Å². The molecule has 2 aromatic rings. The molecule has 0 aliphatic carbocycles. The van der Waals surface area contributed by atoms with Gasteiger partial charge in [0.2, 0.25) is 0 Å². The Labute approximate surface area is 165 Å². The zero-order valence-electron chi connectivity index (χ0n) is 16.6. The van der Waals surface area contributed by atoms with Crippen LogP contribution >= 0.6 is 0 Å². The average molecular weight is 376 g/mol. The number of amides is 2. The summed E-state index contributed by atoms with van der Waals surface area (Å²) in [6, 6.07) is 11.4. The Morgan fingerprint density at radius 3 is 2.43 bits per heavy atom. The Balaban J connectivity index is 2.16. The van der Waals surface area contributed by atoms with Gasteiger partial charge in [0.15, 0.2) is 0 Å². The third-order valence-corrected chi connectivity index (χ3v) is 4.89. The lowest BCUT2D eigenvalue weighted by atomic mass is 9.99. The summed E-state index contributed by atoms with van der Waals surface area (Å²) >= 11 is 0. The van der Waals surface area contributed by atoms with E-state index in [1.165, 1.54) is 4.90 Å². The molecule has 2 amide bonds. The van der Waals surface area contributed by atoms with Crippen molar-refractivity contribution < 1.29 is 14.3 Å². The van der Waals surface area contributed by atoms with E-state index in [0.717, 1.165) is 16.7 Å². The predicted octanol–water partition coefficient (Wildman–Crippen LogP) is 4.00. The highest BCUT2D eigenvalue weighted by molar-refractivity contribution is 6.36. The van der Waals surface area contributed by atoms with Crippen LogP contribution in [-0.4, -0.2) is 30.4 Å². The Morgan fingerprint density at radius 1 is 1.04 bits per heavy atom. The molecule has 1 aliphatic rings. The second-order valence-corrected chi connectivity index (χ2v) is 6.89. The lowest BCUT2D eigenvalue weighted by molar-refractivity contribution is -0.136. The molecule has 3 rings (SSSR count). The van der Waals surface area contributed by atoms with E-state index in [9.17, 15) is 9.59 Å². The predicted molar refractivity (Wildman–Crippen MR) is 111 cm³/mol. The highest BCUT2D eigenvalue weighted by Gasteiger charge is 2.38. The van der Waals surface area contributed by atoms with Crippen LogP contribution in [0.4, 0.5) is 5.69 Å². The summed E-state index contributed by atoms with van der Waals surface area (Å²) < 4.78 is 5.41. The van der Waals surface area contributed by atoms with Crippen molar-refractivity contribution in [3.63, 3.8) is 0 Å². The Bertz CT molecular complexity index is 1000. The van der Waals surface area contributed by atoms with Crippen molar-refractivity contribution in [1.29, 1.82) is 0 Å². The van der Waals surface area contributed by atoms with E-state index in [2.05, 4.69) is 11.9 Å². The lowest BCUT2D eigenvalue weighted by Crippen LogP contribution is -2.32. The molecule has 144 valence electrons. The largest absolute Gasteiger partial charge is 0.495 e. The molecule has 0 saturated carbocycles. The van der Waals surface area contributed by atoms with Gasteiger partial charge >= 0.3 is 0 Å². The molecule has 0 atom stereocenters. The highest BCUT2D eigenvalue weighted by Crippen LogP contribution is 2.34. The number of nitrogens with zero attached hydrogens (tertiary/aromatic N) is 1. The van der Waals surface area contributed by atoms with E-state index in [0.29, 0.717) is 22.6 Å². The number of anilines is 1. The van der Waals surface area contributed by atoms with Crippen molar-refractivity contribution in [1.82, 2.24) is 4.90 Å². The number of hydrogen-bond donors (Lipinski definition) is 1. The van der Waals surface area contributed by atoms with Gasteiger partial charge in [0.25, 0.3) is 11.8 Å². The van der Waals surface area contributed by atoms with E-state index < -0.39 is 0 Å². The van der Waals surface area contributed by atoms with Gasteiger partial charge in [0, 0.05) is 6.54 Å². The molecular weight excluding hydrogens is 352 g/mol. The maximum Gasteiger partial charge on any atom is 0.278 e. The van der Waals surface area contributed by atoms with Gasteiger partial charge in [0.05, 0.1) is 18.4 Å². The van der Waals surface area contributed by atoms with Crippen LogP contribution in [0.5, 0.6) is 5.75 Å². The number of aryl methyl sites for hydroxylation is 3. The molecule has 28 heavy (non-hydrogen) atoms. The van der Waals surface area contributed by atoms with E-state index in [-0.39, 0.29) is 24.1 Å². The van der Waals surface area contributed by atoms with Crippen LogP contribution in [0.3, 0.4) is 0 Å². The molecule has 0 aromatic heterocycles. The number of carbonyl (C=O) groups is 2. The normalized spacial score (nSPS) is 13.9. The second kappa shape index (κ2) is 7.72. The number of imide groups is 1. The van der Waals surface area contributed by atoms with Crippen LogP contribution in [0.25, 0.3) is 5.57 Å². The first-order chi connectivity index (χ1) is 13.4. The van der Waals surface area contributed by atoms with E-state index in [1.807, 2.05) is 57.2 Å². The van der Waals surface area contributed by atoms with Crippen molar-refractivity contribution >= 4 is 23.1 Å². The molecule has 0 radical (unpaired) electrons. The maximum atomic E-state index is 13.1. The smallest absolute Gasteiger partial charge is 0.278 e. The summed E-state index contributed by atoms with van der Waals surface area (Å²) in [6.07, 6.45) is 1.55. The molecule has 0 bridgehead atoms. The van der Waals surface area contributed by atoms with Gasteiger partial charge in [-0.15, -0.1) is 6.58 Å². The SMILES string of the molecule is C=CCN1C(=O)C(Nc2cc(C)ccc2OC)=C(c2ccc(C)c(C)c2)C1=O. The summed E-state index contributed by atoms with van der Waals surface area (Å²) in [6.45, 7) is 9.76. The molecule has 0 unspecified atom stereocenters. The van der Waals surface area contributed by atoms with Crippen molar-refractivity contribution in [3.05, 3.63) is 77.0 Å². The minimum absolute atomic E-state index is 0.155. The molecule has 0 spiro atoms. The third kappa shape index (κ3) is 3.43. The topological polar surface area (TPSA) is 58.6 Å². The second-order valence-electron chi connectivity index (χ2n) is 6.89. The molecule has 1 heterocycles. The first-order valence-electron chi connectivity index (χ1n) is 9.08. The average Bonchev–Trinajstić information content (AvgIpc) is 2.89. The van der Waals surface area contributed by atoms with Crippen molar-refractivity contribution in [2.45, 2.75) is 20.8 Å². The standard InChI is InChI=1S/C23H24N2O3/c1-6-11-25-22(26)20(17-9-8-15(3)16(4)13-17)21(23(25)27)24-18-12-14(2)7-10-19(18)28-5/h6-10,12-13,24H,1,11H2,2-5H3. The van der Waals surface area contributed by atoms with Crippen molar-refractivity contribution in [2.75, 3.05) is 19.0 Å². The fourth-order valence-electron chi connectivity index (χ4n) is 3.21. The fraction of sp³-hybridized carbons (Fsp3) is 0.217. The summed E-state index contributed by atoms with van der Waals surface area (Å²) in [5, 5.41) is 3.16. The Hall–Kier alpha value is -3.34. The summed E-state index contributed by atoms with van der Waals surface area (Å²) in [7, 11) is 1.57. The minimum Gasteiger partial charge on any atom is -0.495 e. The first-order valence-corrected chi connectivity index (χ1v) is 9.08. The molecular formula is C23H24N2O3. The molecule has 5 nitrogen and oxygen atoms in total. The van der Waals surface area contributed by atoms with Gasteiger partial charge in [-0.05, 0) is 55.2 Å². The number of ether oxygens (including phenoxy) is 1. The van der Waals surface area contributed by atoms with Crippen LogP contribution in [0.1, 0.15) is 22.3 Å². The van der Waals surface area contributed by atoms with Gasteiger partial charge in [-0.3, -0.25) is 14.5 Å². The van der Waals surface area contributed by atoms with Gasteiger partial charge in [-0.2, -0.15) is 0 Å². The van der Waals surface area contributed by atoms with Crippen LogP contribution in [0.15, 0.2) is 54.8 Å². The molecule has 1 aliphatic heterocycles. The van der Waals surface area contributed by atoms with Crippen molar-refractivity contribution in [3.8, 4) is 5.75 Å². The quantitative estimate of drug-likeness (QED) is 0.612. The van der Waals surface area contributed by atoms with E-state index in [1.54, 1.807) is 13.2 Å². The number of benzene rings is 2. The highest BCUT2D eigenvalue weighted by atomic mass is 16.5. The maximum absolute atomic E-state index is 13.1. The Kier molecular flexibility index (Phi) is 5.36. The van der Waals surface area contributed by atoms with E-state index >= 15 is 0 Å². The van der Waals surface area contributed by atoms with Crippen molar-refractivity contribution in [2.24, 2.45) is 0 Å². The monoisotopic (exact) mass is 376 g/mol.